The predicted octanol–water partition coefficient (Wildman–Crippen LogP) is 3.40. The molecule has 1 fully saturated rings. The first-order valence-corrected chi connectivity index (χ1v) is 8.75. The number of benzene rings is 1. The van der Waals surface area contributed by atoms with Gasteiger partial charge >= 0.3 is 12.1 Å². The maximum atomic E-state index is 14.3. The van der Waals surface area contributed by atoms with Gasteiger partial charge in [0, 0.05) is 32.0 Å². The van der Waals surface area contributed by atoms with Crippen LogP contribution in [-0.4, -0.2) is 56.0 Å². The summed E-state index contributed by atoms with van der Waals surface area (Å²) in [6, 6.07) is 2.37. The third kappa shape index (κ3) is 5.48. The van der Waals surface area contributed by atoms with Gasteiger partial charge in [0.25, 0.3) is 0 Å². The maximum absolute atomic E-state index is 14.3. The molecule has 0 spiro atoms. The smallest absolute Gasteiger partial charge is 0.410 e. The number of carbonyl (C=O) groups is 2. The number of hydrogen-bond acceptors (Lipinski definition) is 6. The second-order valence-corrected chi connectivity index (χ2v) is 7.26. The van der Waals surface area contributed by atoms with E-state index >= 15 is 0 Å². The average Bonchev–Trinajstić information content (AvgIpc) is 2.61. The molecule has 8 heteroatoms. The highest BCUT2D eigenvalue weighted by Gasteiger charge is 2.28. The lowest BCUT2D eigenvalue weighted by Crippen LogP contribution is -2.44. The third-order valence-corrected chi connectivity index (χ3v) is 4.05. The van der Waals surface area contributed by atoms with Crippen LogP contribution in [0.4, 0.5) is 9.18 Å². The number of nitrogens with zero attached hydrogens (tertiary/aromatic N) is 1. The van der Waals surface area contributed by atoms with Crippen molar-refractivity contribution in [1.29, 1.82) is 0 Å². The summed E-state index contributed by atoms with van der Waals surface area (Å²) in [7, 11) is 2.59. The van der Waals surface area contributed by atoms with Crippen LogP contribution >= 0.6 is 0 Å². The van der Waals surface area contributed by atoms with E-state index in [4.69, 9.17) is 14.2 Å². The average molecular weight is 383 g/mol. The van der Waals surface area contributed by atoms with Gasteiger partial charge < -0.3 is 23.8 Å². The zero-order valence-electron chi connectivity index (χ0n) is 16.3. The van der Waals surface area contributed by atoms with Gasteiger partial charge in [-0.3, -0.25) is 0 Å². The largest absolute Gasteiger partial charge is 0.496 e. The molecule has 0 bridgehead atoms. The lowest BCUT2D eigenvalue weighted by atomic mass is 10.1. The van der Waals surface area contributed by atoms with Crippen LogP contribution in [0.15, 0.2) is 12.1 Å². The van der Waals surface area contributed by atoms with Crippen LogP contribution in [0.1, 0.15) is 44.0 Å². The molecule has 0 N–H and O–H groups in total. The number of hydrogen-bond donors (Lipinski definition) is 0. The second kappa shape index (κ2) is 8.45. The molecular formula is C19H26FNO6. The minimum absolute atomic E-state index is 0.00442. The summed E-state index contributed by atoms with van der Waals surface area (Å²) in [5.74, 6) is -1.20. The molecule has 1 aliphatic rings. The molecule has 2 rings (SSSR count). The van der Waals surface area contributed by atoms with Crippen LogP contribution in [0.3, 0.4) is 0 Å². The molecule has 7 nitrogen and oxygen atoms in total. The molecule has 1 aromatic rings. The third-order valence-electron chi connectivity index (χ3n) is 4.05. The number of piperidine rings is 1. The van der Waals surface area contributed by atoms with E-state index in [1.54, 1.807) is 4.90 Å². The van der Waals surface area contributed by atoms with Crippen molar-refractivity contribution in [2.24, 2.45) is 0 Å². The van der Waals surface area contributed by atoms with E-state index in [-0.39, 0.29) is 29.3 Å². The normalized spacial score (nSPS) is 15.3. The minimum atomic E-state index is -0.692. The maximum Gasteiger partial charge on any atom is 0.410 e. The molecule has 1 aliphatic heterocycles. The molecule has 0 atom stereocenters. The lowest BCUT2D eigenvalue weighted by molar-refractivity contribution is 0.0123. The molecule has 1 saturated heterocycles. The molecule has 0 aromatic heterocycles. The number of methoxy groups -OCH3 is 2. The Morgan fingerprint density at radius 3 is 2.26 bits per heavy atom. The zero-order valence-corrected chi connectivity index (χ0v) is 16.3. The Balaban J connectivity index is 2.01. The van der Waals surface area contributed by atoms with Gasteiger partial charge in [0.05, 0.1) is 14.2 Å². The van der Waals surface area contributed by atoms with E-state index in [1.165, 1.54) is 20.3 Å². The van der Waals surface area contributed by atoms with E-state index in [0.717, 1.165) is 6.07 Å². The van der Waals surface area contributed by atoms with Crippen LogP contribution < -0.4 is 9.47 Å². The fraction of sp³-hybridized carbons (Fsp3) is 0.579. The van der Waals surface area contributed by atoms with Gasteiger partial charge in [0.1, 0.15) is 23.0 Å². The molecule has 1 amide bonds. The molecule has 150 valence electrons. The van der Waals surface area contributed by atoms with E-state index in [1.807, 2.05) is 20.8 Å². The summed E-state index contributed by atoms with van der Waals surface area (Å²) in [6.45, 7) is 6.36. The number of esters is 1. The van der Waals surface area contributed by atoms with Crippen LogP contribution in [0, 0.1) is 5.82 Å². The van der Waals surface area contributed by atoms with Crippen molar-refractivity contribution in [3.05, 3.63) is 23.5 Å². The lowest BCUT2D eigenvalue weighted by Gasteiger charge is -2.33. The van der Waals surface area contributed by atoms with Crippen molar-refractivity contribution in [3.8, 4) is 11.5 Å². The highest BCUT2D eigenvalue weighted by molar-refractivity contribution is 5.92. The monoisotopic (exact) mass is 383 g/mol. The Morgan fingerprint density at radius 2 is 1.74 bits per heavy atom. The summed E-state index contributed by atoms with van der Waals surface area (Å²) in [6.07, 6.45) is 0.461. The van der Waals surface area contributed by atoms with Crippen LogP contribution in [0.2, 0.25) is 0 Å². The Labute approximate surface area is 158 Å². The van der Waals surface area contributed by atoms with Crippen molar-refractivity contribution in [1.82, 2.24) is 4.90 Å². The minimum Gasteiger partial charge on any atom is -0.496 e. The van der Waals surface area contributed by atoms with Gasteiger partial charge in [0.15, 0.2) is 11.6 Å². The van der Waals surface area contributed by atoms with Gasteiger partial charge in [-0.25, -0.2) is 14.0 Å². The molecule has 1 aromatic carbocycles. The van der Waals surface area contributed by atoms with Crippen LogP contribution in [-0.2, 0) is 9.47 Å². The Bertz CT molecular complexity index is 692. The van der Waals surface area contributed by atoms with Gasteiger partial charge in [0.2, 0.25) is 0 Å². The first-order chi connectivity index (χ1) is 12.6. The number of ether oxygens (including phenoxy) is 4. The van der Waals surface area contributed by atoms with E-state index in [0.29, 0.717) is 25.9 Å². The quantitative estimate of drug-likeness (QED) is 0.742. The number of carbonyl (C=O) groups excluding carboxylic acids is 2. The summed E-state index contributed by atoms with van der Waals surface area (Å²) in [5.41, 5.74) is -0.560. The first kappa shape index (κ1) is 20.8. The van der Waals surface area contributed by atoms with Crippen molar-refractivity contribution >= 4 is 12.1 Å². The number of likely N-dealkylation sites (tertiary alicyclic amines) is 1. The predicted molar refractivity (Wildman–Crippen MR) is 95.7 cm³/mol. The number of halogens is 1. The van der Waals surface area contributed by atoms with Gasteiger partial charge in [-0.1, -0.05) is 0 Å². The van der Waals surface area contributed by atoms with Crippen molar-refractivity contribution < 1.29 is 32.9 Å². The zero-order chi connectivity index (χ0) is 20.2. The SMILES string of the molecule is COC(=O)c1cc(F)c(OC2CCN(C(=O)OC(C)(C)C)CC2)cc1OC. The Kier molecular flexibility index (Phi) is 6.51. The van der Waals surface area contributed by atoms with E-state index < -0.39 is 17.4 Å². The van der Waals surface area contributed by atoms with Crippen molar-refractivity contribution in [3.63, 3.8) is 0 Å². The van der Waals surface area contributed by atoms with Crippen molar-refractivity contribution in [2.45, 2.75) is 45.3 Å². The molecule has 0 aliphatic carbocycles. The highest BCUT2D eigenvalue weighted by atomic mass is 19.1. The molecule has 0 saturated carbocycles. The van der Waals surface area contributed by atoms with Crippen LogP contribution in [0.25, 0.3) is 0 Å². The van der Waals surface area contributed by atoms with Gasteiger partial charge in [-0.15, -0.1) is 0 Å². The van der Waals surface area contributed by atoms with Gasteiger partial charge in [-0.05, 0) is 26.8 Å². The topological polar surface area (TPSA) is 74.3 Å². The second-order valence-electron chi connectivity index (χ2n) is 7.26. The number of rotatable bonds is 4. The van der Waals surface area contributed by atoms with Gasteiger partial charge in [-0.2, -0.15) is 0 Å². The summed E-state index contributed by atoms with van der Waals surface area (Å²) in [4.78, 5) is 25.4. The summed E-state index contributed by atoms with van der Waals surface area (Å²) >= 11 is 0. The Morgan fingerprint density at radius 1 is 1.11 bits per heavy atom. The molecule has 1 heterocycles. The summed E-state index contributed by atoms with van der Waals surface area (Å²) < 4.78 is 35.2. The summed E-state index contributed by atoms with van der Waals surface area (Å²) in [5, 5.41) is 0. The fourth-order valence-electron chi connectivity index (χ4n) is 2.73. The molecule has 0 radical (unpaired) electrons. The highest BCUT2D eigenvalue weighted by Crippen LogP contribution is 2.30. The Hall–Kier alpha value is -2.51. The standard InChI is InChI=1S/C19H26FNO6/c1-19(2,3)27-18(23)21-8-6-12(7-9-21)26-16-11-15(24-4)13(10-14(16)20)17(22)25-5/h10-12H,6-9H2,1-5H3. The first-order valence-electron chi connectivity index (χ1n) is 8.75. The van der Waals surface area contributed by atoms with Crippen LogP contribution in [0.5, 0.6) is 11.5 Å². The fourth-order valence-corrected chi connectivity index (χ4v) is 2.73. The van der Waals surface area contributed by atoms with E-state index in [9.17, 15) is 14.0 Å². The van der Waals surface area contributed by atoms with Crippen molar-refractivity contribution in [2.75, 3.05) is 27.3 Å². The number of amides is 1. The van der Waals surface area contributed by atoms with E-state index in [2.05, 4.69) is 4.74 Å². The molecule has 27 heavy (non-hydrogen) atoms. The molecular weight excluding hydrogens is 357 g/mol. The molecule has 0 unspecified atom stereocenters.